The molecule has 3 nitrogen and oxygen atoms in total. The Morgan fingerprint density at radius 1 is 1.41 bits per heavy atom. The second-order valence-electron chi connectivity index (χ2n) is 4.42. The van der Waals surface area contributed by atoms with Crippen LogP contribution in [0.3, 0.4) is 0 Å². The summed E-state index contributed by atoms with van der Waals surface area (Å²) in [6.07, 6.45) is 0. The fraction of sp³-hybridized carbons (Fsp3) is 0.571. The topological polar surface area (TPSA) is 24.5 Å². The molecule has 0 fully saturated rings. The molecule has 0 aliphatic rings. The molecule has 0 aromatic heterocycles. The van der Waals surface area contributed by atoms with Crippen LogP contribution in [0.2, 0.25) is 0 Å². The van der Waals surface area contributed by atoms with E-state index in [1.165, 1.54) is 5.56 Å². The number of likely N-dealkylation sites (N-methyl/N-ethyl adjacent to an activating group) is 2. The zero-order valence-electron chi connectivity index (χ0n) is 11.4. The van der Waals surface area contributed by atoms with E-state index in [0.717, 1.165) is 25.4 Å². The lowest BCUT2D eigenvalue weighted by molar-refractivity contribution is 0.243. The summed E-state index contributed by atoms with van der Waals surface area (Å²) in [5.41, 5.74) is 1.29. The van der Waals surface area contributed by atoms with Crippen LogP contribution in [0.4, 0.5) is 0 Å². The average molecular weight is 236 g/mol. The quantitative estimate of drug-likeness (QED) is 0.785. The standard InChI is InChI=1S/C14H24N2O/c1-5-15-10-12(2)16(3)11-13-7-6-8-14(9-13)17-4/h6-9,12,15H,5,10-11H2,1-4H3. The lowest BCUT2D eigenvalue weighted by Crippen LogP contribution is -2.37. The Kier molecular flexibility index (Phi) is 6.01. The normalized spacial score (nSPS) is 12.8. The minimum Gasteiger partial charge on any atom is -0.497 e. The predicted octanol–water partition coefficient (Wildman–Crippen LogP) is 2.12. The monoisotopic (exact) mass is 236 g/mol. The molecule has 96 valence electrons. The number of hydrogen-bond donors (Lipinski definition) is 1. The van der Waals surface area contributed by atoms with Gasteiger partial charge in [-0.1, -0.05) is 19.1 Å². The minimum atomic E-state index is 0.529. The van der Waals surface area contributed by atoms with E-state index in [9.17, 15) is 0 Å². The Labute approximate surface area is 105 Å². The molecule has 17 heavy (non-hydrogen) atoms. The van der Waals surface area contributed by atoms with Crippen molar-refractivity contribution in [1.82, 2.24) is 10.2 Å². The molecule has 0 aliphatic carbocycles. The summed E-state index contributed by atoms with van der Waals surface area (Å²) < 4.78 is 5.23. The van der Waals surface area contributed by atoms with Crippen LogP contribution in [0.25, 0.3) is 0 Å². The molecule has 0 heterocycles. The minimum absolute atomic E-state index is 0.529. The average Bonchev–Trinajstić information content (AvgIpc) is 2.36. The molecule has 0 aliphatic heterocycles. The van der Waals surface area contributed by atoms with E-state index in [2.05, 4.69) is 43.2 Å². The van der Waals surface area contributed by atoms with Crippen molar-refractivity contribution in [1.29, 1.82) is 0 Å². The number of methoxy groups -OCH3 is 1. The van der Waals surface area contributed by atoms with E-state index in [-0.39, 0.29) is 0 Å². The van der Waals surface area contributed by atoms with Crippen molar-refractivity contribution in [2.75, 3.05) is 27.2 Å². The second-order valence-corrected chi connectivity index (χ2v) is 4.42. The van der Waals surface area contributed by atoms with E-state index in [0.29, 0.717) is 6.04 Å². The molecule has 1 rings (SSSR count). The highest BCUT2D eigenvalue weighted by atomic mass is 16.5. The second kappa shape index (κ2) is 7.30. The first-order valence-corrected chi connectivity index (χ1v) is 6.21. The van der Waals surface area contributed by atoms with Gasteiger partial charge >= 0.3 is 0 Å². The van der Waals surface area contributed by atoms with Gasteiger partial charge in [-0.25, -0.2) is 0 Å². The molecule has 0 bridgehead atoms. The Hall–Kier alpha value is -1.06. The maximum atomic E-state index is 5.23. The molecule has 1 aromatic carbocycles. The zero-order valence-corrected chi connectivity index (χ0v) is 11.4. The van der Waals surface area contributed by atoms with Crippen molar-refractivity contribution in [3.63, 3.8) is 0 Å². The highest BCUT2D eigenvalue weighted by Crippen LogP contribution is 2.14. The van der Waals surface area contributed by atoms with Gasteiger partial charge in [0.05, 0.1) is 7.11 Å². The molecule has 1 atom stereocenters. The highest BCUT2D eigenvalue weighted by Gasteiger charge is 2.09. The van der Waals surface area contributed by atoms with E-state index in [1.54, 1.807) is 7.11 Å². The summed E-state index contributed by atoms with van der Waals surface area (Å²) in [5.74, 6) is 0.926. The lowest BCUT2D eigenvalue weighted by atomic mass is 10.2. The SMILES string of the molecule is CCNCC(C)N(C)Cc1cccc(OC)c1. The van der Waals surface area contributed by atoms with Crippen LogP contribution in [0.15, 0.2) is 24.3 Å². The number of rotatable bonds is 7. The first kappa shape index (κ1) is 14.0. The van der Waals surface area contributed by atoms with Gasteiger partial charge in [0.2, 0.25) is 0 Å². The summed E-state index contributed by atoms with van der Waals surface area (Å²) in [6.45, 7) is 7.37. The van der Waals surface area contributed by atoms with Crippen LogP contribution < -0.4 is 10.1 Å². The largest absolute Gasteiger partial charge is 0.497 e. The molecule has 1 unspecified atom stereocenters. The maximum absolute atomic E-state index is 5.23. The van der Waals surface area contributed by atoms with Crippen LogP contribution in [-0.4, -0.2) is 38.2 Å². The maximum Gasteiger partial charge on any atom is 0.119 e. The van der Waals surface area contributed by atoms with Gasteiger partial charge in [-0.2, -0.15) is 0 Å². The molecule has 0 radical (unpaired) electrons. The summed E-state index contributed by atoms with van der Waals surface area (Å²) >= 11 is 0. The van der Waals surface area contributed by atoms with Crippen LogP contribution in [0.5, 0.6) is 5.75 Å². The zero-order chi connectivity index (χ0) is 12.7. The van der Waals surface area contributed by atoms with Gasteiger partial charge in [-0.3, -0.25) is 4.90 Å². The van der Waals surface area contributed by atoms with Crippen molar-refractivity contribution in [3.8, 4) is 5.75 Å². The third-order valence-corrected chi connectivity index (χ3v) is 3.01. The van der Waals surface area contributed by atoms with Crippen molar-refractivity contribution in [2.45, 2.75) is 26.4 Å². The van der Waals surface area contributed by atoms with Gasteiger partial charge in [0, 0.05) is 19.1 Å². The summed E-state index contributed by atoms with van der Waals surface area (Å²) in [7, 11) is 3.86. The van der Waals surface area contributed by atoms with Crippen LogP contribution in [0, 0.1) is 0 Å². The Morgan fingerprint density at radius 2 is 2.18 bits per heavy atom. The number of benzene rings is 1. The first-order valence-electron chi connectivity index (χ1n) is 6.21. The van der Waals surface area contributed by atoms with Crippen molar-refractivity contribution >= 4 is 0 Å². The number of hydrogen-bond acceptors (Lipinski definition) is 3. The van der Waals surface area contributed by atoms with Gasteiger partial charge in [0.25, 0.3) is 0 Å². The molecule has 0 saturated carbocycles. The number of nitrogens with zero attached hydrogens (tertiary/aromatic N) is 1. The third-order valence-electron chi connectivity index (χ3n) is 3.01. The molecule has 1 aromatic rings. The van der Waals surface area contributed by atoms with E-state index in [1.807, 2.05) is 12.1 Å². The summed E-state index contributed by atoms with van der Waals surface area (Å²) in [4.78, 5) is 2.34. The van der Waals surface area contributed by atoms with Gasteiger partial charge in [0.1, 0.15) is 5.75 Å². The van der Waals surface area contributed by atoms with Crippen LogP contribution >= 0.6 is 0 Å². The van der Waals surface area contributed by atoms with Gasteiger partial charge < -0.3 is 10.1 Å². The molecular weight excluding hydrogens is 212 g/mol. The van der Waals surface area contributed by atoms with Crippen LogP contribution in [-0.2, 0) is 6.54 Å². The third kappa shape index (κ3) is 4.75. The van der Waals surface area contributed by atoms with E-state index >= 15 is 0 Å². The predicted molar refractivity (Wildman–Crippen MR) is 72.5 cm³/mol. The molecular formula is C14H24N2O. The molecule has 3 heteroatoms. The number of ether oxygens (including phenoxy) is 1. The Balaban J connectivity index is 2.51. The Bertz CT molecular complexity index is 328. The van der Waals surface area contributed by atoms with Crippen LogP contribution in [0.1, 0.15) is 19.4 Å². The fourth-order valence-electron chi connectivity index (χ4n) is 1.72. The fourth-order valence-corrected chi connectivity index (χ4v) is 1.72. The summed E-state index contributed by atoms with van der Waals surface area (Å²) in [5, 5.41) is 3.37. The van der Waals surface area contributed by atoms with Crippen molar-refractivity contribution in [3.05, 3.63) is 29.8 Å². The Morgan fingerprint density at radius 3 is 2.82 bits per heavy atom. The van der Waals surface area contributed by atoms with Gasteiger partial charge in [-0.05, 0) is 38.2 Å². The van der Waals surface area contributed by atoms with E-state index < -0.39 is 0 Å². The van der Waals surface area contributed by atoms with E-state index in [4.69, 9.17) is 4.74 Å². The highest BCUT2D eigenvalue weighted by molar-refractivity contribution is 5.28. The van der Waals surface area contributed by atoms with Crippen molar-refractivity contribution in [2.24, 2.45) is 0 Å². The van der Waals surface area contributed by atoms with Crippen molar-refractivity contribution < 1.29 is 4.74 Å². The van der Waals surface area contributed by atoms with Gasteiger partial charge in [-0.15, -0.1) is 0 Å². The number of nitrogens with one attached hydrogen (secondary N) is 1. The molecule has 0 amide bonds. The van der Waals surface area contributed by atoms with Gasteiger partial charge in [0.15, 0.2) is 0 Å². The lowest BCUT2D eigenvalue weighted by Gasteiger charge is -2.25. The molecule has 0 spiro atoms. The molecule has 0 saturated heterocycles. The smallest absolute Gasteiger partial charge is 0.119 e. The summed E-state index contributed by atoms with van der Waals surface area (Å²) in [6, 6.07) is 8.78. The first-order chi connectivity index (χ1) is 8.17. The molecule has 1 N–H and O–H groups in total.